The SMILES string of the molecule is CCCCn1c(=O)c2sccc2n2c(=O)n(CC(=O)Nc3cccc(C)c3C)nc12. The number of nitrogens with one attached hydrogen (secondary N) is 1. The molecule has 1 amide bonds. The largest absolute Gasteiger partial charge is 0.352 e. The number of aromatic nitrogens is 4. The molecule has 0 spiro atoms. The van der Waals surface area contributed by atoms with Crippen LogP contribution < -0.4 is 16.6 Å². The highest BCUT2D eigenvalue weighted by atomic mass is 32.1. The van der Waals surface area contributed by atoms with Crippen LogP contribution in [0.25, 0.3) is 16.0 Å². The summed E-state index contributed by atoms with van der Waals surface area (Å²) in [5.41, 5.74) is 2.68. The Morgan fingerprint density at radius 2 is 2.00 bits per heavy atom. The van der Waals surface area contributed by atoms with E-state index in [0.717, 1.165) is 28.7 Å². The number of hydrogen-bond acceptors (Lipinski definition) is 5. The fourth-order valence-electron chi connectivity index (χ4n) is 3.47. The minimum Gasteiger partial charge on any atom is -0.324 e. The number of thiophene rings is 1. The molecule has 1 N–H and O–H groups in total. The Hall–Kier alpha value is -3.20. The molecule has 0 aliphatic rings. The summed E-state index contributed by atoms with van der Waals surface area (Å²) in [6.07, 6.45) is 1.70. The summed E-state index contributed by atoms with van der Waals surface area (Å²) < 4.78 is 4.59. The summed E-state index contributed by atoms with van der Waals surface area (Å²) in [6, 6.07) is 7.40. The fourth-order valence-corrected chi connectivity index (χ4v) is 4.29. The molecule has 0 bridgehead atoms. The lowest BCUT2D eigenvalue weighted by molar-refractivity contribution is -0.117. The zero-order valence-corrected chi connectivity index (χ0v) is 18.0. The van der Waals surface area contributed by atoms with E-state index in [1.54, 1.807) is 11.4 Å². The fraction of sp³-hybridized carbons (Fsp3) is 0.333. The second kappa shape index (κ2) is 7.91. The lowest BCUT2D eigenvalue weighted by Crippen LogP contribution is -2.29. The summed E-state index contributed by atoms with van der Waals surface area (Å²) in [5, 5.41) is 8.98. The number of anilines is 1. The van der Waals surface area contributed by atoms with Crippen molar-refractivity contribution in [2.24, 2.45) is 0 Å². The maximum atomic E-state index is 13.1. The maximum absolute atomic E-state index is 13.1. The van der Waals surface area contributed by atoms with Crippen LogP contribution in [0.4, 0.5) is 5.69 Å². The van der Waals surface area contributed by atoms with Crippen molar-refractivity contribution in [3.05, 3.63) is 61.6 Å². The standard InChI is InChI=1S/C21H23N5O3S/c1-4-5-10-24-19(28)18-16(9-11-30-18)26-20(24)23-25(21(26)29)12-17(27)22-15-8-6-7-13(2)14(15)3/h6-9,11H,4-5,10,12H2,1-3H3,(H,22,27). The first kappa shape index (κ1) is 20.1. The van der Waals surface area contributed by atoms with E-state index >= 15 is 0 Å². The number of carbonyl (C=O) groups is 1. The molecule has 30 heavy (non-hydrogen) atoms. The summed E-state index contributed by atoms with van der Waals surface area (Å²) in [5.74, 6) is -0.0814. The second-order valence-electron chi connectivity index (χ2n) is 7.32. The molecule has 0 unspecified atom stereocenters. The molecular weight excluding hydrogens is 402 g/mol. The van der Waals surface area contributed by atoms with E-state index in [9.17, 15) is 14.4 Å². The monoisotopic (exact) mass is 425 g/mol. The number of carbonyl (C=O) groups excluding carboxylic acids is 1. The van der Waals surface area contributed by atoms with Gasteiger partial charge in [-0.25, -0.2) is 13.9 Å². The molecule has 8 nitrogen and oxygen atoms in total. The van der Waals surface area contributed by atoms with Crippen LogP contribution in [0, 0.1) is 13.8 Å². The number of benzene rings is 1. The van der Waals surface area contributed by atoms with Crippen LogP contribution in [-0.4, -0.2) is 24.7 Å². The number of amides is 1. The van der Waals surface area contributed by atoms with Crippen molar-refractivity contribution in [3.8, 4) is 0 Å². The quantitative estimate of drug-likeness (QED) is 0.514. The van der Waals surface area contributed by atoms with Gasteiger partial charge in [-0.2, -0.15) is 0 Å². The first-order valence-corrected chi connectivity index (χ1v) is 10.8. The first-order chi connectivity index (χ1) is 14.4. The molecular formula is C21H23N5O3S. The minimum absolute atomic E-state index is 0.155. The summed E-state index contributed by atoms with van der Waals surface area (Å²) in [6.45, 7) is 6.18. The third-order valence-electron chi connectivity index (χ3n) is 5.30. The molecule has 3 heterocycles. The van der Waals surface area contributed by atoms with E-state index in [2.05, 4.69) is 10.4 Å². The van der Waals surface area contributed by atoms with Gasteiger partial charge in [0.1, 0.15) is 11.2 Å². The molecule has 0 atom stereocenters. The van der Waals surface area contributed by atoms with Crippen molar-refractivity contribution < 1.29 is 4.79 Å². The molecule has 9 heteroatoms. The molecule has 4 rings (SSSR count). The van der Waals surface area contributed by atoms with Gasteiger partial charge in [-0.3, -0.25) is 14.2 Å². The third-order valence-corrected chi connectivity index (χ3v) is 6.19. The zero-order valence-electron chi connectivity index (χ0n) is 17.1. The summed E-state index contributed by atoms with van der Waals surface area (Å²) in [7, 11) is 0. The molecule has 0 aliphatic heterocycles. The predicted octanol–water partition coefficient (Wildman–Crippen LogP) is 2.93. The Kier molecular flexibility index (Phi) is 5.29. The number of rotatable bonds is 6. The molecule has 156 valence electrons. The van der Waals surface area contributed by atoms with Gasteiger partial charge in [-0.15, -0.1) is 16.4 Å². The Labute approximate surface area is 176 Å². The Morgan fingerprint density at radius 3 is 2.77 bits per heavy atom. The molecule has 4 aromatic rings. The molecule has 0 fully saturated rings. The van der Waals surface area contributed by atoms with Crippen molar-refractivity contribution in [2.45, 2.75) is 46.7 Å². The third kappa shape index (κ3) is 3.35. The summed E-state index contributed by atoms with van der Waals surface area (Å²) in [4.78, 5) is 38.6. The van der Waals surface area contributed by atoms with Crippen molar-refractivity contribution >= 4 is 38.9 Å². The Balaban J connectivity index is 1.76. The van der Waals surface area contributed by atoms with E-state index < -0.39 is 5.69 Å². The van der Waals surface area contributed by atoms with Crippen LogP contribution in [0.5, 0.6) is 0 Å². The van der Waals surface area contributed by atoms with Gasteiger partial charge in [0.25, 0.3) is 5.56 Å². The van der Waals surface area contributed by atoms with Gasteiger partial charge in [0.15, 0.2) is 0 Å². The highest BCUT2D eigenvalue weighted by Crippen LogP contribution is 2.19. The van der Waals surface area contributed by atoms with Crippen LogP contribution in [0.3, 0.4) is 0 Å². The highest BCUT2D eigenvalue weighted by Gasteiger charge is 2.19. The molecule has 0 radical (unpaired) electrons. The van der Waals surface area contributed by atoms with Crippen molar-refractivity contribution in [2.75, 3.05) is 5.32 Å². The molecule has 0 saturated heterocycles. The van der Waals surface area contributed by atoms with Gasteiger partial charge >= 0.3 is 5.69 Å². The molecule has 0 aliphatic carbocycles. The van der Waals surface area contributed by atoms with E-state index in [1.807, 2.05) is 39.0 Å². The topological polar surface area (TPSA) is 90.4 Å². The van der Waals surface area contributed by atoms with Gasteiger partial charge in [0, 0.05) is 12.2 Å². The van der Waals surface area contributed by atoms with Crippen LogP contribution >= 0.6 is 11.3 Å². The van der Waals surface area contributed by atoms with Gasteiger partial charge < -0.3 is 5.32 Å². The van der Waals surface area contributed by atoms with Gasteiger partial charge in [-0.1, -0.05) is 25.5 Å². The van der Waals surface area contributed by atoms with Gasteiger partial charge in [-0.05, 0) is 48.9 Å². The number of nitrogens with zero attached hydrogens (tertiary/aromatic N) is 4. The number of fused-ring (bicyclic) bond motifs is 3. The normalized spacial score (nSPS) is 11.4. The van der Waals surface area contributed by atoms with Crippen LogP contribution in [-0.2, 0) is 17.9 Å². The van der Waals surface area contributed by atoms with Crippen LogP contribution in [0.1, 0.15) is 30.9 Å². The lowest BCUT2D eigenvalue weighted by Gasteiger charge is -2.09. The lowest BCUT2D eigenvalue weighted by atomic mass is 10.1. The van der Waals surface area contributed by atoms with Crippen molar-refractivity contribution in [1.82, 2.24) is 18.7 Å². The Bertz CT molecular complexity index is 1380. The number of hydrogen-bond donors (Lipinski definition) is 1. The average Bonchev–Trinajstić information content (AvgIpc) is 3.31. The van der Waals surface area contributed by atoms with Crippen molar-refractivity contribution in [3.63, 3.8) is 0 Å². The number of aryl methyl sites for hydroxylation is 2. The van der Waals surface area contributed by atoms with Crippen molar-refractivity contribution in [1.29, 1.82) is 0 Å². The second-order valence-corrected chi connectivity index (χ2v) is 8.23. The highest BCUT2D eigenvalue weighted by molar-refractivity contribution is 7.17. The molecule has 1 aromatic carbocycles. The van der Waals surface area contributed by atoms with Crippen LogP contribution in [0.15, 0.2) is 39.2 Å². The molecule has 3 aromatic heterocycles. The Morgan fingerprint density at radius 1 is 1.20 bits per heavy atom. The molecule has 0 saturated carbocycles. The van der Waals surface area contributed by atoms with E-state index in [4.69, 9.17) is 0 Å². The zero-order chi connectivity index (χ0) is 21.4. The summed E-state index contributed by atoms with van der Waals surface area (Å²) >= 11 is 1.30. The van der Waals surface area contributed by atoms with E-state index in [0.29, 0.717) is 22.4 Å². The first-order valence-electron chi connectivity index (χ1n) is 9.88. The van der Waals surface area contributed by atoms with Gasteiger partial charge in [0.2, 0.25) is 11.7 Å². The minimum atomic E-state index is -0.435. The number of unbranched alkanes of at least 4 members (excludes halogenated alkanes) is 1. The smallest absolute Gasteiger partial charge is 0.324 e. The average molecular weight is 426 g/mol. The maximum Gasteiger partial charge on any atom is 0.352 e. The van der Waals surface area contributed by atoms with E-state index in [-0.39, 0.29) is 23.8 Å². The van der Waals surface area contributed by atoms with E-state index in [1.165, 1.54) is 20.3 Å². The predicted molar refractivity (Wildman–Crippen MR) is 119 cm³/mol. The van der Waals surface area contributed by atoms with Gasteiger partial charge in [0.05, 0.1) is 5.52 Å². The van der Waals surface area contributed by atoms with Crippen LogP contribution in [0.2, 0.25) is 0 Å².